The fraction of sp³-hybridized carbons (Fsp3) is 0.136. The molecule has 0 aliphatic rings. The highest BCUT2D eigenvalue weighted by molar-refractivity contribution is 7.92. The van der Waals surface area contributed by atoms with E-state index in [1.165, 1.54) is 25.1 Å². The molecule has 0 bridgehead atoms. The molecule has 3 aromatic rings. The molecule has 3 rings (SSSR count). The largest absolute Gasteiger partial charge is 0.498 e. The van der Waals surface area contributed by atoms with Gasteiger partial charge in [0.25, 0.3) is 10.0 Å². The van der Waals surface area contributed by atoms with Crippen LogP contribution >= 0.6 is 0 Å². The van der Waals surface area contributed by atoms with E-state index < -0.39 is 37.2 Å². The zero-order valence-electron chi connectivity index (χ0n) is 16.6. The molecule has 0 fully saturated rings. The Morgan fingerprint density at radius 3 is 2.03 bits per heavy atom. The first-order chi connectivity index (χ1) is 14.6. The Morgan fingerprint density at radius 2 is 1.48 bits per heavy atom. The van der Waals surface area contributed by atoms with Crippen molar-refractivity contribution in [3.8, 4) is 11.1 Å². The van der Waals surface area contributed by atoms with Crippen molar-refractivity contribution in [2.24, 2.45) is 0 Å². The van der Waals surface area contributed by atoms with Crippen molar-refractivity contribution >= 4 is 21.7 Å². The van der Waals surface area contributed by atoms with E-state index in [1.54, 1.807) is 30.3 Å². The zero-order valence-corrected chi connectivity index (χ0v) is 17.4. The lowest BCUT2D eigenvalue weighted by atomic mass is 10.1. The summed E-state index contributed by atoms with van der Waals surface area (Å²) >= 11 is 0. The predicted octanol–water partition coefficient (Wildman–Crippen LogP) is 5.16. The normalized spacial score (nSPS) is 11.8. The molecule has 31 heavy (non-hydrogen) atoms. The van der Waals surface area contributed by atoms with Gasteiger partial charge >= 0.3 is 12.3 Å². The minimum absolute atomic E-state index is 0.134. The van der Waals surface area contributed by atoms with E-state index >= 15 is 0 Å². The molecular weight excluding hydrogens is 431 g/mol. The molecular formula is C22H18F3NO4S. The van der Waals surface area contributed by atoms with Crippen LogP contribution in [0, 0.1) is 6.92 Å². The summed E-state index contributed by atoms with van der Waals surface area (Å²) in [7, 11) is -3.97. The topological polar surface area (TPSA) is 63.7 Å². The smallest absolute Gasteiger partial charge is 0.465 e. The number of alkyl halides is 3. The van der Waals surface area contributed by atoms with Crippen molar-refractivity contribution in [2.75, 3.05) is 11.4 Å². The van der Waals surface area contributed by atoms with Crippen LogP contribution in [0.4, 0.5) is 18.9 Å². The number of nitrogens with zero attached hydrogens (tertiary/aromatic N) is 1. The molecule has 0 radical (unpaired) electrons. The summed E-state index contributed by atoms with van der Waals surface area (Å²) in [6.07, 6.45) is -5.23. The molecule has 0 unspecified atom stereocenters. The Balaban J connectivity index is 2.08. The number of halogens is 3. The molecule has 0 aliphatic carbocycles. The third kappa shape index (κ3) is 4.56. The lowest BCUT2D eigenvalue weighted by Gasteiger charge is -2.26. The van der Waals surface area contributed by atoms with E-state index in [1.807, 2.05) is 0 Å². The molecule has 5 nitrogen and oxygen atoms in total. The highest BCUT2D eigenvalue weighted by Gasteiger charge is 2.46. The van der Waals surface area contributed by atoms with Crippen molar-refractivity contribution in [3.63, 3.8) is 0 Å². The van der Waals surface area contributed by atoms with E-state index in [0.29, 0.717) is 11.1 Å². The minimum Gasteiger partial charge on any atom is -0.465 e. The van der Waals surface area contributed by atoms with Crippen LogP contribution in [-0.4, -0.2) is 27.8 Å². The predicted molar refractivity (Wildman–Crippen MR) is 110 cm³/mol. The zero-order chi connectivity index (χ0) is 22.8. The maximum atomic E-state index is 13.9. The first-order valence-corrected chi connectivity index (χ1v) is 10.5. The molecule has 0 saturated carbocycles. The van der Waals surface area contributed by atoms with Crippen LogP contribution in [0.3, 0.4) is 0 Å². The maximum absolute atomic E-state index is 13.9. The lowest BCUT2D eigenvalue weighted by molar-refractivity contribution is -0.115. The van der Waals surface area contributed by atoms with Gasteiger partial charge in [-0.2, -0.15) is 4.31 Å². The Labute approximate surface area is 177 Å². The number of rotatable bonds is 5. The van der Waals surface area contributed by atoms with Crippen molar-refractivity contribution in [1.82, 2.24) is 0 Å². The van der Waals surface area contributed by atoms with Crippen LogP contribution in [0.5, 0.6) is 0 Å². The minimum atomic E-state index is -5.23. The van der Waals surface area contributed by atoms with E-state index in [9.17, 15) is 26.4 Å². The van der Waals surface area contributed by atoms with Crippen LogP contribution in [0.1, 0.15) is 15.9 Å². The molecule has 162 valence electrons. The lowest BCUT2D eigenvalue weighted by Crippen LogP contribution is -2.43. The SMILES string of the molecule is COC(=O)c1cc(S(=O)(=O)N(c2ccc(-c3ccccc3)cc2)C(F)(F)F)ccc1C. The van der Waals surface area contributed by atoms with Crippen molar-refractivity contribution in [3.05, 3.63) is 83.9 Å². The first-order valence-electron chi connectivity index (χ1n) is 9.02. The molecule has 0 atom stereocenters. The summed E-state index contributed by atoms with van der Waals surface area (Å²) in [6, 6.07) is 17.1. The molecule has 0 amide bonds. The molecule has 9 heteroatoms. The number of anilines is 1. The quantitative estimate of drug-likeness (QED) is 0.399. The van der Waals surface area contributed by atoms with Gasteiger partial charge in [-0.05, 0) is 47.9 Å². The number of carbonyl (C=O) groups excluding carboxylic acids is 1. The number of hydrogen-bond acceptors (Lipinski definition) is 4. The third-order valence-corrected chi connectivity index (χ3v) is 6.34. The van der Waals surface area contributed by atoms with Crippen LogP contribution < -0.4 is 4.31 Å². The van der Waals surface area contributed by atoms with E-state index in [4.69, 9.17) is 0 Å². The number of carbonyl (C=O) groups is 1. The average Bonchev–Trinajstić information content (AvgIpc) is 2.73. The van der Waals surface area contributed by atoms with E-state index in [2.05, 4.69) is 4.74 Å². The van der Waals surface area contributed by atoms with Crippen molar-refractivity contribution in [2.45, 2.75) is 18.1 Å². The van der Waals surface area contributed by atoms with E-state index in [0.717, 1.165) is 36.9 Å². The molecule has 0 heterocycles. The van der Waals surface area contributed by atoms with Gasteiger partial charge in [0.2, 0.25) is 0 Å². The van der Waals surface area contributed by atoms with Crippen molar-refractivity contribution in [1.29, 1.82) is 0 Å². The molecule has 0 aliphatic heterocycles. The molecule has 0 spiro atoms. The van der Waals surface area contributed by atoms with E-state index in [-0.39, 0.29) is 5.56 Å². The Morgan fingerprint density at radius 1 is 0.903 bits per heavy atom. The second kappa shape index (κ2) is 8.43. The number of ether oxygens (including phenoxy) is 1. The molecule has 0 N–H and O–H groups in total. The number of aryl methyl sites for hydroxylation is 1. The fourth-order valence-electron chi connectivity index (χ4n) is 3.04. The summed E-state index contributed by atoms with van der Waals surface area (Å²) in [6.45, 7) is 1.52. The molecule has 0 saturated heterocycles. The monoisotopic (exact) mass is 449 g/mol. The van der Waals surface area contributed by atoms with Crippen LogP contribution in [-0.2, 0) is 14.8 Å². The Kier molecular flexibility index (Phi) is 6.08. The summed E-state index contributed by atoms with van der Waals surface area (Å²) in [4.78, 5) is 11.2. The number of sulfonamides is 1. The maximum Gasteiger partial charge on any atom is 0.498 e. The Bertz CT molecular complexity index is 1190. The van der Waals surface area contributed by atoms with Gasteiger partial charge in [-0.25, -0.2) is 13.2 Å². The van der Waals surface area contributed by atoms with Gasteiger partial charge in [-0.15, -0.1) is 13.2 Å². The Hall–Kier alpha value is -3.33. The van der Waals surface area contributed by atoms with Crippen LogP contribution in [0.15, 0.2) is 77.7 Å². The highest BCUT2D eigenvalue weighted by atomic mass is 32.2. The second-order valence-electron chi connectivity index (χ2n) is 6.62. The molecule has 0 aromatic heterocycles. The van der Waals surface area contributed by atoms with Gasteiger partial charge in [-0.1, -0.05) is 48.5 Å². The summed E-state index contributed by atoms with van der Waals surface area (Å²) in [5.74, 6) is -0.847. The van der Waals surface area contributed by atoms with Gasteiger partial charge in [-0.3, -0.25) is 0 Å². The number of methoxy groups -OCH3 is 1. The van der Waals surface area contributed by atoms with Crippen LogP contribution in [0.25, 0.3) is 11.1 Å². The summed E-state index contributed by atoms with van der Waals surface area (Å²) in [5.41, 5.74) is 1.07. The van der Waals surface area contributed by atoms with Gasteiger partial charge in [0.1, 0.15) is 0 Å². The van der Waals surface area contributed by atoms with Gasteiger partial charge in [0.15, 0.2) is 0 Å². The standard InChI is InChI=1S/C22H18F3NO4S/c1-15-8-13-19(14-20(15)21(27)30-2)31(28,29)26(22(23,24)25)18-11-9-17(10-12-18)16-6-4-3-5-7-16/h3-14H,1-2H3. The number of hydrogen-bond donors (Lipinski definition) is 0. The number of esters is 1. The second-order valence-corrected chi connectivity index (χ2v) is 8.41. The van der Waals surface area contributed by atoms with Crippen molar-refractivity contribution < 1.29 is 31.1 Å². The first kappa shape index (κ1) is 22.4. The highest BCUT2D eigenvalue weighted by Crippen LogP contribution is 2.36. The van der Waals surface area contributed by atoms with Gasteiger partial charge in [0.05, 0.1) is 23.3 Å². The van der Waals surface area contributed by atoms with Gasteiger partial charge < -0.3 is 4.74 Å². The summed E-state index contributed by atoms with van der Waals surface area (Å²) in [5, 5.41) is 0. The average molecular weight is 449 g/mol. The summed E-state index contributed by atoms with van der Waals surface area (Å²) < 4.78 is 71.5. The molecule has 3 aromatic carbocycles. The third-order valence-electron chi connectivity index (χ3n) is 4.59. The fourth-order valence-corrected chi connectivity index (χ4v) is 4.43. The van der Waals surface area contributed by atoms with Gasteiger partial charge in [0, 0.05) is 0 Å². The number of benzene rings is 3. The van der Waals surface area contributed by atoms with Crippen LogP contribution in [0.2, 0.25) is 0 Å².